The molecule has 0 atom stereocenters. The van der Waals surface area contributed by atoms with E-state index in [4.69, 9.17) is 10.7 Å². The maximum atomic E-state index is 6.31. The predicted molar refractivity (Wildman–Crippen MR) is 95.8 cm³/mol. The average molecular weight is 331 g/mol. The van der Waals surface area contributed by atoms with Gasteiger partial charge in [-0.2, -0.15) is 0 Å². The highest BCUT2D eigenvalue weighted by Gasteiger charge is 2.22. The standard InChI is InChI=1S/C17H25N5S/c1-22(11-6-8-19-9-7-11)10-14-20-16(18)15-12-4-2-3-5-13(12)23-17(15)21-14/h11,19H,2-10H2,1H3,(H2,18,20,21). The van der Waals surface area contributed by atoms with Crippen LogP contribution in [0.4, 0.5) is 5.82 Å². The van der Waals surface area contributed by atoms with Crippen molar-refractivity contribution in [3.05, 3.63) is 16.3 Å². The van der Waals surface area contributed by atoms with Crippen LogP contribution in [0.2, 0.25) is 0 Å². The summed E-state index contributed by atoms with van der Waals surface area (Å²) in [5.74, 6) is 1.55. The van der Waals surface area contributed by atoms with Gasteiger partial charge in [-0.3, -0.25) is 4.90 Å². The Morgan fingerprint density at radius 3 is 2.83 bits per heavy atom. The minimum atomic E-state index is 0.619. The molecule has 4 rings (SSSR count). The summed E-state index contributed by atoms with van der Waals surface area (Å²) in [6, 6.07) is 0.619. The van der Waals surface area contributed by atoms with Crippen molar-refractivity contribution in [3.8, 4) is 0 Å². The summed E-state index contributed by atoms with van der Waals surface area (Å²) >= 11 is 1.83. The highest BCUT2D eigenvalue weighted by atomic mass is 32.1. The van der Waals surface area contributed by atoms with E-state index in [2.05, 4.69) is 22.2 Å². The van der Waals surface area contributed by atoms with E-state index in [-0.39, 0.29) is 0 Å². The van der Waals surface area contributed by atoms with Gasteiger partial charge >= 0.3 is 0 Å². The van der Waals surface area contributed by atoms with E-state index in [1.807, 2.05) is 11.3 Å². The van der Waals surface area contributed by atoms with Crippen LogP contribution in [0, 0.1) is 0 Å². The molecule has 2 aromatic heterocycles. The van der Waals surface area contributed by atoms with Crippen LogP contribution < -0.4 is 11.1 Å². The summed E-state index contributed by atoms with van der Waals surface area (Å²) in [4.78, 5) is 14.4. The van der Waals surface area contributed by atoms with Crippen LogP contribution in [0.3, 0.4) is 0 Å². The van der Waals surface area contributed by atoms with Gasteiger partial charge in [-0.1, -0.05) is 0 Å². The van der Waals surface area contributed by atoms with Gasteiger partial charge in [-0.25, -0.2) is 9.97 Å². The molecule has 3 N–H and O–H groups in total. The fraction of sp³-hybridized carbons (Fsp3) is 0.647. The lowest BCUT2D eigenvalue weighted by atomic mass is 9.97. The molecule has 3 heterocycles. The molecule has 1 saturated heterocycles. The first kappa shape index (κ1) is 15.3. The third-order valence-corrected chi connectivity index (χ3v) is 6.40. The molecule has 5 nitrogen and oxygen atoms in total. The Morgan fingerprint density at radius 1 is 1.22 bits per heavy atom. The Labute approximate surface area is 141 Å². The zero-order chi connectivity index (χ0) is 15.8. The number of nitrogens with zero attached hydrogens (tertiary/aromatic N) is 3. The van der Waals surface area contributed by atoms with Gasteiger partial charge in [0.1, 0.15) is 16.5 Å². The van der Waals surface area contributed by atoms with Crippen LogP contribution in [0.1, 0.15) is 41.9 Å². The predicted octanol–water partition coefficient (Wildman–Crippen LogP) is 2.34. The first-order chi connectivity index (χ1) is 11.2. The van der Waals surface area contributed by atoms with Crippen LogP contribution >= 0.6 is 11.3 Å². The quantitative estimate of drug-likeness (QED) is 0.903. The molecule has 0 spiro atoms. The largest absolute Gasteiger partial charge is 0.383 e. The molecule has 0 radical (unpaired) electrons. The molecule has 0 aromatic carbocycles. The summed E-state index contributed by atoms with van der Waals surface area (Å²) in [5.41, 5.74) is 7.73. The number of hydrogen-bond donors (Lipinski definition) is 2. The highest BCUT2D eigenvalue weighted by molar-refractivity contribution is 7.19. The van der Waals surface area contributed by atoms with Crippen molar-refractivity contribution in [1.29, 1.82) is 0 Å². The third kappa shape index (κ3) is 2.95. The average Bonchev–Trinajstić information content (AvgIpc) is 2.94. The first-order valence-corrected chi connectivity index (χ1v) is 9.51. The van der Waals surface area contributed by atoms with Crippen molar-refractivity contribution in [3.63, 3.8) is 0 Å². The zero-order valence-corrected chi connectivity index (χ0v) is 14.6. The van der Waals surface area contributed by atoms with Crippen LogP contribution in [0.5, 0.6) is 0 Å². The van der Waals surface area contributed by atoms with E-state index in [9.17, 15) is 0 Å². The van der Waals surface area contributed by atoms with Crippen LogP contribution in [0.15, 0.2) is 0 Å². The van der Waals surface area contributed by atoms with Gasteiger partial charge < -0.3 is 11.1 Å². The molecule has 0 unspecified atom stereocenters. The highest BCUT2D eigenvalue weighted by Crippen LogP contribution is 2.37. The molecule has 0 amide bonds. The Kier molecular flexibility index (Phi) is 4.22. The van der Waals surface area contributed by atoms with Crippen molar-refractivity contribution in [2.45, 2.75) is 51.1 Å². The Bertz CT molecular complexity index is 705. The molecule has 2 aromatic rings. The smallest absolute Gasteiger partial charge is 0.146 e. The normalized spacial score (nSPS) is 19.4. The molecule has 1 aliphatic carbocycles. The van der Waals surface area contributed by atoms with Gasteiger partial charge in [0, 0.05) is 10.9 Å². The second-order valence-corrected chi connectivity index (χ2v) is 7.90. The topological polar surface area (TPSA) is 67.1 Å². The fourth-order valence-electron chi connectivity index (χ4n) is 3.90. The van der Waals surface area contributed by atoms with Gasteiger partial charge in [-0.05, 0) is 64.2 Å². The minimum Gasteiger partial charge on any atom is -0.383 e. The summed E-state index contributed by atoms with van der Waals surface area (Å²) in [6.45, 7) is 3.00. The van der Waals surface area contributed by atoms with Crippen LogP contribution in [-0.2, 0) is 19.4 Å². The number of anilines is 1. The maximum Gasteiger partial charge on any atom is 0.146 e. The van der Waals surface area contributed by atoms with Crippen molar-refractivity contribution in [2.75, 3.05) is 25.9 Å². The number of nitrogen functional groups attached to an aromatic ring is 1. The van der Waals surface area contributed by atoms with Gasteiger partial charge in [-0.15, -0.1) is 11.3 Å². The monoisotopic (exact) mass is 331 g/mol. The molecule has 2 aliphatic rings. The lowest BCUT2D eigenvalue weighted by Gasteiger charge is -2.31. The number of rotatable bonds is 3. The molecule has 1 fully saturated rings. The molecule has 23 heavy (non-hydrogen) atoms. The molecule has 6 heteroatoms. The lowest BCUT2D eigenvalue weighted by molar-refractivity contribution is 0.188. The van der Waals surface area contributed by atoms with E-state index in [1.165, 1.54) is 42.5 Å². The van der Waals surface area contributed by atoms with Crippen LogP contribution in [0.25, 0.3) is 10.2 Å². The third-order valence-electron chi connectivity index (χ3n) is 5.21. The number of aryl methyl sites for hydroxylation is 2. The number of hydrogen-bond acceptors (Lipinski definition) is 6. The number of aromatic nitrogens is 2. The summed E-state index contributed by atoms with van der Waals surface area (Å²) < 4.78 is 0. The van der Waals surface area contributed by atoms with Crippen molar-refractivity contribution in [1.82, 2.24) is 20.2 Å². The summed E-state index contributed by atoms with van der Waals surface area (Å²) in [7, 11) is 2.18. The molecule has 124 valence electrons. The number of nitrogens with two attached hydrogens (primary N) is 1. The Balaban J connectivity index is 1.60. The Hall–Kier alpha value is -1.24. The summed E-state index contributed by atoms with van der Waals surface area (Å²) in [6.07, 6.45) is 7.26. The number of fused-ring (bicyclic) bond motifs is 3. The van der Waals surface area contributed by atoms with Gasteiger partial charge in [0.2, 0.25) is 0 Å². The van der Waals surface area contributed by atoms with Gasteiger partial charge in [0.25, 0.3) is 0 Å². The van der Waals surface area contributed by atoms with E-state index >= 15 is 0 Å². The number of thiophene rings is 1. The van der Waals surface area contributed by atoms with E-state index in [0.29, 0.717) is 11.9 Å². The molecular weight excluding hydrogens is 306 g/mol. The number of nitrogens with one attached hydrogen (secondary N) is 1. The van der Waals surface area contributed by atoms with E-state index in [0.717, 1.165) is 42.1 Å². The van der Waals surface area contributed by atoms with E-state index in [1.54, 1.807) is 0 Å². The maximum absolute atomic E-state index is 6.31. The second-order valence-electron chi connectivity index (χ2n) is 6.81. The molecule has 1 aliphatic heterocycles. The lowest BCUT2D eigenvalue weighted by Crippen LogP contribution is -2.41. The fourth-order valence-corrected chi connectivity index (χ4v) is 5.19. The molecular formula is C17H25N5S. The van der Waals surface area contributed by atoms with Crippen molar-refractivity contribution >= 4 is 27.4 Å². The summed E-state index contributed by atoms with van der Waals surface area (Å²) in [5, 5.41) is 4.56. The minimum absolute atomic E-state index is 0.619. The van der Waals surface area contributed by atoms with Crippen LogP contribution in [-0.4, -0.2) is 41.0 Å². The molecule has 0 saturated carbocycles. The van der Waals surface area contributed by atoms with Gasteiger partial charge in [0.15, 0.2) is 0 Å². The van der Waals surface area contributed by atoms with Crippen molar-refractivity contribution in [2.24, 2.45) is 0 Å². The Morgan fingerprint density at radius 2 is 2.00 bits per heavy atom. The number of piperidine rings is 1. The first-order valence-electron chi connectivity index (χ1n) is 8.70. The second kappa shape index (κ2) is 6.34. The molecule has 0 bridgehead atoms. The van der Waals surface area contributed by atoms with Gasteiger partial charge in [0.05, 0.1) is 11.9 Å². The van der Waals surface area contributed by atoms with E-state index < -0.39 is 0 Å². The zero-order valence-electron chi connectivity index (χ0n) is 13.8. The SMILES string of the molecule is CN(Cc1nc(N)c2c3c(sc2n1)CCCC3)C1CCNCC1. The van der Waals surface area contributed by atoms with Crippen molar-refractivity contribution < 1.29 is 0 Å².